The molecule has 0 unspecified atom stereocenters. The van der Waals surface area contributed by atoms with Gasteiger partial charge in [0.15, 0.2) is 5.82 Å². The molecule has 3 heterocycles. The molecule has 8 heteroatoms. The fraction of sp³-hybridized carbons (Fsp3) is 0.200. The van der Waals surface area contributed by atoms with Gasteiger partial charge in [-0.25, -0.2) is 4.98 Å². The first-order valence-corrected chi connectivity index (χ1v) is 8.87. The van der Waals surface area contributed by atoms with Crippen LogP contribution in [0.25, 0.3) is 11.5 Å². The Hall–Kier alpha value is -3.68. The van der Waals surface area contributed by atoms with E-state index in [1.165, 1.54) is 0 Å². The lowest BCUT2D eigenvalue weighted by Gasteiger charge is -2.12. The predicted octanol–water partition coefficient (Wildman–Crippen LogP) is 2.94. The van der Waals surface area contributed by atoms with Gasteiger partial charge in [-0.3, -0.25) is 4.79 Å². The van der Waals surface area contributed by atoms with Gasteiger partial charge in [0.1, 0.15) is 35.9 Å². The van der Waals surface area contributed by atoms with Crippen molar-refractivity contribution in [3.8, 4) is 23.0 Å². The Morgan fingerprint density at radius 2 is 2.14 bits per heavy atom. The van der Waals surface area contributed by atoms with Crippen molar-refractivity contribution in [1.29, 1.82) is 0 Å². The van der Waals surface area contributed by atoms with Crippen molar-refractivity contribution in [3.63, 3.8) is 0 Å². The van der Waals surface area contributed by atoms with Crippen LogP contribution in [0.4, 0.5) is 5.82 Å². The van der Waals surface area contributed by atoms with E-state index in [9.17, 15) is 4.79 Å². The minimum Gasteiger partial charge on any atom is -0.497 e. The zero-order chi connectivity index (χ0) is 19.3. The molecule has 1 N–H and O–H groups in total. The average Bonchev–Trinajstić information content (AvgIpc) is 3.18. The normalized spacial score (nSPS) is 15.1. The van der Waals surface area contributed by atoms with Crippen LogP contribution in [0.1, 0.15) is 16.8 Å². The Morgan fingerprint density at radius 3 is 3.04 bits per heavy atom. The first-order valence-electron chi connectivity index (χ1n) is 8.87. The number of amides is 1. The second-order valence-corrected chi connectivity index (χ2v) is 6.14. The smallest absolute Gasteiger partial charge is 0.260 e. The average molecular weight is 377 g/mol. The van der Waals surface area contributed by atoms with E-state index in [0.29, 0.717) is 47.6 Å². The molecular formula is C20H19N5O3. The molecule has 4 rings (SSSR count). The number of carbonyl (C=O) groups is 1. The summed E-state index contributed by atoms with van der Waals surface area (Å²) in [5.41, 5.74) is 1.01. The van der Waals surface area contributed by atoms with E-state index < -0.39 is 0 Å². The summed E-state index contributed by atoms with van der Waals surface area (Å²) in [4.78, 5) is 17.4. The first kappa shape index (κ1) is 17.7. The third kappa shape index (κ3) is 3.71. The fourth-order valence-electron chi connectivity index (χ4n) is 2.91. The zero-order valence-electron chi connectivity index (χ0n) is 15.3. The maximum Gasteiger partial charge on any atom is 0.260 e. The molecule has 0 spiro atoms. The lowest BCUT2D eigenvalue weighted by molar-refractivity contribution is 0.102. The van der Waals surface area contributed by atoms with Crippen LogP contribution in [-0.2, 0) is 6.54 Å². The van der Waals surface area contributed by atoms with Crippen molar-refractivity contribution in [3.05, 3.63) is 60.4 Å². The number of nitrogens with zero attached hydrogens (tertiary/aromatic N) is 4. The number of aryl methyl sites for hydroxylation is 1. The SMILES string of the molecule is COc1ccc2c(c1)C(=O)Nc1cccc(n1)-c1nncn1CC/C=C\CO2. The second kappa shape index (κ2) is 7.91. The number of rotatable bonds is 1. The molecule has 0 saturated heterocycles. The number of allylic oxidation sites excluding steroid dienone is 1. The Kier molecular flexibility index (Phi) is 5.01. The van der Waals surface area contributed by atoms with Crippen LogP contribution in [0.2, 0.25) is 0 Å². The highest BCUT2D eigenvalue weighted by molar-refractivity contribution is 6.06. The molecule has 0 fully saturated rings. The Labute approximate surface area is 161 Å². The van der Waals surface area contributed by atoms with Crippen molar-refractivity contribution in [2.75, 3.05) is 19.0 Å². The number of pyridine rings is 1. The summed E-state index contributed by atoms with van der Waals surface area (Å²) < 4.78 is 13.0. The molecule has 28 heavy (non-hydrogen) atoms. The summed E-state index contributed by atoms with van der Waals surface area (Å²) in [6.45, 7) is 1.07. The van der Waals surface area contributed by atoms with Gasteiger partial charge in [0.25, 0.3) is 5.91 Å². The molecular weight excluding hydrogens is 358 g/mol. The van der Waals surface area contributed by atoms with Gasteiger partial charge in [-0.05, 0) is 36.8 Å². The van der Waals surface area contributed by atoms with Gasteiger partial charge in [0.2, 0.25) is 0 Å². The van der Waals surface area contributed by atoms with Crippen LogP contribution in [0, 0.1) is 0 Å². The number of aromatic nitrogens is 4. The molecule has 0 atom stereocenters. The molecule has 0 radical (unpaired) electrons. The van der Waals surface area contributed by atoms with Crippen LogP contribution < -0.4 is 14.8 Å². The molecule has 142 valence electrons. The van der Waals surface area contributed by atoms with Gasteiger partial charge >= 0.3 is 0 Å². The Balaban J connectivity index is 1.74. The number of benzene rings is 1. The molecule has 1 aromatic carbocycles. The van der Waals surface area contributed by atoms with Crippen molar-refractivity contribution in [1.82, 2.24) is 19.7 Å². The lowest BCUT2D eigenvalue weighted by Crippen LogP contribution is -2.15. The summed E-state index contributed by atoms with van der Waals surface area (Å²) in [5, 5.41) is 11.0. The molecule has 3 aromatic rings. The third-order valence-corrected chi connectivity index (χ3v) is 4.31. The summed E-state index contributed by atoms with van der Waals surface area (Å²) in [5.74, 6) is 1.78. The van der Waals surface area contributed by atoms with Gasteiger partial charge < -0.3 is 19.4 Å². The van der Waals surface area contributed by atoms with E-state index in [1.807, 2.05) is 28.9 Å². The number of fused-ring (bicyclic) bond motifs is 5. The van der Waals surface area contributed by atoms with Crippen LogP contribution in [0.15, 0.2) is 54.9 Å². The standard InChI is InChI=1S/C20H19N5O3/c1-27-14-8-9-17-15(12-14)20(26)23-18-7-5-6-16(22-18)19-24-21-13-25(19)10-3-2-4-11-28-17/h2,4-9,12-13H,3,10-11H2,1H3,(H,22,23,26)/b4-2-. The first-order chi connectivity index (χ1) is 13.7. The Bertz CT molecular complexity index is 1030. The monoisotopic (exact) mass is 377 g/mol. The highest BCUT2D eigenvalue weighted by atomic mass is 16.5. The quantitative estimate of drug-likeness (QED) is 0.656. The molecule has 2 aromatic heterocycles. The van der Waals surface area contributed by atoms with E-state index in [1.54, 1.807) is 37.7 Å². The number of hydrogen-bond donors (Lipinski definition) is 1. The van der Waals surface area contributed by atoms with Crippen molar-refractivity contribution in [2.45, 2.75) is 13.0 Å². The molecule has 1 aliphatic rings. The van der Waals surface area contributed by atoms with E-state index in [4.69, 9.17) is 9.47 Å². The zero-order valence-corrected chi connectivity index (χ0v) is 15.3. The van der Waals surface area contributed by atoms with Crippen molar-refractivity contribution < 1.29 is 14.3 Å². The number of methoxy groups -OCH3 is 1. The van der Waals surface area contributed by atoms with E-state index in [-0.39, 0.29) is 5.91 Å². The molecule has 2 bridgehead atoms. The van der Waals surface area contributed by atoms with E-state index >= 15 is 0 Å². The van der Waals surface area contributed by atoms with E-state index in [0.717, 1.165) is 6.42 Å². The molecule has 0 aliphatic carbocycles. The minimum absolute atomic E-state index is 0.334. The highest BCUT2D eigenvalue weighted by Crippen LogP contribution is 2.26. The number of nitrogens with one attached hydrogen (secondary N) is 1. The topological polar surface area (TPSA) is 91.2 Å². The summed E-state index contributed by atoms with van der Waals surface area (Å²) in [7, 11) is 1.55. The van der Waals surface area contributed by atoms with Gasteiger partial charge in [-0.15, -0.1) is 10.2 Å². The summed E-state index contributed by atoms with van der Waals surface area (Å²) in [6, 6.07) is 10.5. The minimum atomic E-state index is -0.334. The van der Waals surface area contributed by atoms with Gasteiger partial charge in [-0.1, -0.05) is 18.2 Å². The maximum atomic E-state index is 12.9. The van der Waals surface area contributed by atoms with Crippen LogP contribution >= 0.6 is 0 Å². The number of anilines is 1. The predicted molar refractivity (Wildman–Crippen MR) is 103 cm³/mol. The molecule has 1 amide bonds. The number of hydrogen-bond acceptors (Lipinski definition) is 6. The summed E-state index contributed by atoms with van der Waals surface area (Å²) in [6.07, 6.45) is 6.41. The molecule has 8 nitrogen and oxygen atoms in total. The van der Waals surface area contributed by atoms with Crippen molar-refractivity contribution >= 4 is 11.7 Å². The largest absolute Gasteiger partial charge is 0.497 e. The summed E-state index contributed by atoms with van der Waals surface area (Å²) >= 11 is 0. The van der Waals surface area contributed by atoms with Gasteiger partial charge in [0.05, 0.1) is 12.7 Å². The fourth-order valence-corrected chi connectivity index (χ4v) is 2.91. The molecule has 1 aliphatic heterocycles. The highest BCUT2D eigenvalue weighted by Gasteiger charge is 2.16. The number of ether oxygens (including phenoxy) is 2. The van der Waals surface area contributed by atoms with Crippen LogP contribution in [0.3, 0.4) is 0 Å². The third-order valence-electron chi connectivity index (χ3n) is 4.31. The van der Waals surface area contributed by atoms with E-state index in [2.05, 4.69) is 20.5 Å². The molecule has 0 saturated carbocycles. The number of carbonyl (C=O) groups excluding carboxylic acids is 1. The Morgan fingerprint density at radius 1 is 1.21 bits per heavy atom. The van der Waals surface area contributed by atoms with Crippen LogP contribution in [-0.4, -0.2) is 39.4 Å². The van der Waals surface area contributed by atoms with Gasteiger partial charge in [0, 0.05) is 6.54 Å². The van der Waals surface area contributed by atoms with Crippen LogP contribution in [0.5, 0.6) is 11.5 Å². The van der Waals surface area contributed by atoms with Gasteiger partial charge in [-0.2, -0.15) is 0 Å². The second-order valence-electron chi connectivity index (χ2n) is 6.14. The van der Waals surface area contributed by atoms with Crippen molar-refractivity contribution in [2.24, 2.45) is 0 Å². The maximum absolute atomic E-state index is 12.9. The lowest BCUT2D eigenvalue weighted by atomic mass is 10.1.